The lowest BCUT2D eigenvalue weighted by atomic mass is 10.2. The second-order valence-corrected chi connectivity index (χ2v) is 6.59. The Labute approximate surface area is 153 Å². The minimum atomic E-state index is -0.650. The van der Waals surface area contributed by atoms with E-state index in [-0.39, 0.29) is 24.2 Å². The third kappa shape index (κ3) is 4.85. The Bertz CT molecular complexity index is 719. The Hall–Kier alpha value is -1.80. The molecule has 2 amide bonds. The number of carbonyl (C=O) groups is 2. The minimum Gasteiger partial charge on any atom is -0.350 e. The van der Waals surface area contributed by atoms with Gasteiger partial charge in [-0.2, -0.15) is 0 Å². The molecule has 0 atom stereocenters. The van der Waals surface area contributed by atoms with Gasteiger partial charge in [-0.3, -0.25) is 9.59 Å². The normalized spacial score (nSPS) is 10.3. The van der Waals surface area contributed by atoms with Gasteiger partial charge in [-0.05, 0) is 36.4 Å². The van der Waals surface area contributed by atoms with Crippen molar-refractivity contribution < 1.29 is 18.4 Å². The van der Waals surface area contributed by atoms with Gasteiger partial charge < -0.3 is 10.6 Å². The van der Waals surface area contributed by atoms with Crippen molar-refractivity contribution in [2.75, 3.05) is 13.1 Å². The fourth-order valence-electron chi connectivity index (χ4n) is 1.89. The van der Waals surface area contributed by atoms with Gasteiger partial charge in [0.15, 0.2) is 0 Å². The molecule has 8 heteroatoms. The molecule has 0 saturated carbocycles. The molecule has 0 saturated heterocycles. The van der Waals surface area contributed by atoms with Crippen molar-refractivity contribution in [2.45, 2.75) is 0 Å². The molecule has 126 valence electrons. The molecule has 0 spiro atoms. The van der Waals surface area contributed by atoms with Gasteiger partial charge >= 0.3 is 0 Å². The van der Waals surface area contributed by atoms with Crippen molar-refractivity contribution in [3.05, 3.63) is 68.1 Å². The molecule has 2 N–H and O–H groups in total. The van der Waals surface area contributed by atoms with Gasteiger partial charge in [-0.1, -0.05) is 31.9 Å². The van der Waals surface area contributed by atoms with Crippen LogP contribution in [0.1, 0.15) is 20.7 Å². The molecule has 4 nitrogen and oxygen atoms in total. The molecule has 0 heterocycles. The summed E-state index contributed by atoms with van der Waals surface area (Å²) in [6.45, 7) is 0.163. The van der Waals surface area contributed by atoms with Gasteiger partial charge in [-0.25, -0.2) is 8.78 Å². The summed E-state index contributed by atoms with van der Waals surface area (Å²) in [6.07, 6.45) is 0. The van der Waals surface area contributed by atoms with E-state index in [2.05, 4.69) is 42.5 Å². The van der Waals surface area contributed by atoms with Crippen LogP contribution in [0.4, 0.5) is 8.78 Å². The van der Waals surface area contributed by atoms with E-state index >= 15 is 0 Å². The van der Waals surface area contributed by atoms with Gasteiger partial charge in [0.1, 0.15) is 11.6 Å². The predicted octanol–water partition coefficient (Wildman–Crippen LogP) is 3.65. The Morgan fingerprint density at radius 2 is 1.17 bits per heavy atom. The monoisotopic (exact) mass is 460 g/mol. The summed E-state index contributed by atoms with van der Waals surface area (Å²) in [6, 6.07) is 8.18. The van der Waals surface area contributed by atoms with Crippen LogP contribution in [0.2, 0.25) is 0 Å². The summed E-state index contributed by atoms with van der Waals surface area (Å²) in [5, 5.41) is 4.96. The number of hydrogen-bond acceptors (Lipinski definition) is 2. The SMILES string of the molecule is O=C(NCCNC(=O)c1ccc(Br)cc1F)c1ccc(Br)cc1F. The zero-order valence-corrected chi connectivity index (χ0v) is 15.4. The number of amides is 2. The molecule has 0 aliphatic carbocycles. The van der Waals surface area contributed by atoms with Crippen LogP contribution in [0, 0.1) is 11.6 Å². The Balaban J connectivity index is 1.84. The Kier molecular flexibility index (Phi) is 6.44. The molecule has 0 bridgehead atoms. The first-order valence-electron chi connectivity index (χ1n) is 6.85. The van der Waals surface area contributed by atoms with E-state index in [0.29, 0.717) is 8.95 Å². The van der Waals surface area contributed by atoms with Crippen molar-refractivity contribution in [3.8, 4) is 0 Å². The number of hydrogen-bond donors (Lipinski definition) is 2. The van der Waals surface area contributed by atoms with E-state index in [1.54, 1.807) is 12.1 Å². The lowest BCUT2D eigenvalue weighted by Gasteiger charge is -2.08. The summed E-state index contributed by atoms with van der Waals surface area (Å²) >= 11 is 6.21. The molecule has 0 aromatic heterocycles. The number of nitrogens with one attached hydrogen (secondary N) is 2. The second kappa shape index (κ2) is 8.34. The smallest absolute Gasteiger partial charge is 0.254 e. The van der Waals surface area contributed by atoms with Crippen LogP contribution in [0.5, 0.6) is 0 Å². The van der Waals surface area contributed by atoms with Gasteiger partial charge in [0.05, 0.1) is 11.1 Å². The fourth-order valence-corrected chi connectivity index (χ4v) is 2.56. The van der Waals surface area contributed by atoms with Crippen LogP contribution in [0.25, 0.3) is 0 Å². The van der Waals surface area contributed by atoms with Gasteiger partial charge in [0.2, 0.25) is 0 Å². The lowest BCUT2D eigenvalue weighted by Crippen LogP contribution is -2.35. The molecule has 2 aromatic rings. The van der Waals surface area contributed by atoms with E-state index in [4.69, 9.17) is 0 Å². The quantitative estimate of drug-likeness (QED) is 0.667. The summed E-state index contributed by atoms with van der Waals surface area (Å²) in [5.41, 5.74) is -0.188. The van der Waals surface area contributed by atoms with E-state index < -0.39 is 23.4 Å². The van der Waals surface area contributed by atoms with Crippen molar-refractivity contribution >= 4 is 43.7 Å². The highest BCUT2D eigenvalue weighted by Gasteiger charge is 2.13. The van der Waals surface area contributed by atoms with Gasteiger partial charge in [-0.15, -0.1) is 0 Å². The molecule has 2 aromatic carbocycles. The topological polar surface area (TPSA) is 58.2 Å². The van der Waals surface area contributed by atoms with Crippen LogP contribution in [0.15, 0.2) is 45.3 Å². The van der Waals surface area contributed by atoms with Crippen molar-refractivity contribution in [1.82, 2.24) is 10.6 Å². The van der Waals surface area contributed by atoms with E-state index in [9.17, 15) is 18.4 Å². The lowest BCUT2D eigenvalue weighted by molar-refractivity contribution is 0.0923. The average Bonchev–Trinajstić information content (AvgIpc) is 2.51. The highest BCUT2D eigenvalue weighted by molar-refractivity contribution is 9.10. The van der Waals surface area contributed by atoms with Crippen LogP contribution in [-0.4, -0.2) is 24.9 Å². The zero-order chi connectivity index (χ0) is 17.7. The molecule has 0 fully saturated rings. The van der Waals surface area contributed by atoms with Gasteiger partial charge in [0.25, 0.3) is 11.8 Å². The van der Waals surface area contributed by atoms with Crippen LogP contribution < -0.4 is 10.6 Å². The maximum Gasteiger partial charge on any atom is 0.254 e. The predicted molar refractivity (Wildman–Crippen MR) is 92.9 cm³/mol. The molecular weight excluding hydrogens is 450 g/mol. The largest absolute Gasteiger partial charge is 0.350 e. The third-order valence-electron chi connectivity index (χ3n) is 3.05. The molecule has 24 heavy (non-hydrogen) atoms. The maximum absolute atomic E-state index is 13.6. The Morgan fingerprint density at radius 3 is 1.50 bits per heavy atom. The number of benzene rings is 2. The van der Waals surface area contributed by atoms with Gasteiger partial charge in [0, 0.05) is 22.0 Å². The summed E-state index contributed by atoms with van der Waals surface area (Å²) < 4.78 is 28.3. The van der Waals surface area contributed by atoms with Crippen molar-refractivity contribution in [2.24, 2.45) is 0 Å². The highest BCUT2D eigenvalue weighted by Crippen LogP contribution is 2.16. The first-order chi connectivity index (χ1) is 11.4. The summed E-state index contributed by atoms with van der Waals surface area (Å²) in [4.78, 5) is 23.7. The first-order valence-corrected chi connectivity index (χ1v) is 8.43. The number of rotatable bonds is 5. The van der Waals surface area contributed by atoms with Crippen LogP contribution in [0.3, 0.4) is 0 Å². The summed E-state index contributed by atoms with van der Waals surface area (Å²) in [5.74, 6) is -2.49. The second-order valence-electron chi connectivity index (χ2n) is 4.76. The van der Waals surface area contributed by atoms with E-state index in [1.165, 1.54) is 24.3 Å². The van der Waals surface area contributed by atoms with Crippen molar-refractivity contribution in [3.63, 3.8) is 0 Å². The van der Waals surface area contributed by atoms with E-state index in [1.807, 2.05) is 0 Å². The fraction of sp³-hybridized carbons (Fsp3) is 0.125. The Morgan fingerprint density at radius 1 is 0.792 bits per heavy atom. The average molecular weight is 462 g/mol. The molecule has 0 radical (unpaired) electrons. The molecule has 0 aliphatic heterocycles. The highest BCUT2D eigenvalue weighted by atomic mass is 79.9. The minimum absolute atomic E-state index is 0.0816. The van der Waals surface area contributed by atoms with Crippen LogP contribution in [-0.2, 0) is 0 Å². The standard InChI is InChI=1S/C16H12Br2F2N2O2/c17-9-1-3-11(13(19)7-9)15(23)21-5-6-22-16(24)12-4-2-10(18)8-14(12)20/h1-4,7-8H,5-6H2,(H,21,23)(H,22,24). The zero-order valence-electron chi connectivity index (χ0n) is 12.2. The molecule has 0 aliphatic rings. The van der Waals surface area contributed by atoms with E-state index in [0.717, 1.165) is 0 Å². The summed E-state index contributed by atoms with van der Waals surface area (Å²) in [7, 11) is 0. The van der Waals surface area contributed by atoms with Crippen LogP contribution >= 0.6 is 31.9 Å². The molecule has 2 rings (SSSR count). The third-order valence-corrected chi connectivity index (χ3v) is 4.03. The molecular formula is C16H12Br2F2N2O2. The van der Waals surface area contributed by atoms with Crippen molar-refractivity contribution in [1.29, 1.82) is 0 Å². The molecule has 0 unspecified atom stereocenters. The maximum atomic E-state index is 13.6. The first kappa shape index (κ1) is 18.5. The number of carbonyl (C=O) groups excluding carboxylic acids is 2. The number of halogens is 4.